The third kappa shape index (κ3) is 5.02. The third-order valence-corrected chi connectivity index (χ3v) is 4.98. The average Bonchev–Trinajstić information content (AvgIpc) is 2.70. The molecule has 0 aliphatic heterocycles. The summed E-state index contributed by atoms with van der Waals surface area (Å²) in [4.78, 5) is 0. The second-order valence-corrected chi connectivity index (χ2v) is 7.81. The van der Waals surface area contributed by atoms with Crippen molar-refractivity contribution in [2.75, 3.05) is 0 Å². The van der Waals surface area contributed by atoms with Gasteiger partial charge in [0, 0.05) is 22.3 Å². The zero-order chi connectivity index (χ0) is 17.2. The molecule has 1 heterocycles. The van der Waals surface area contributed by atoms with Gasteiger partial charge < -0.3 is 0 Å². The van der Waals surface area contributed by atoms with Crippen molar-refractivity contribution in [1.82, 2.24) is 14.5 Å². The number of hydrogen-bond acceptors (Lipinski definition) is 3. The first kappa shape index (κ1) is 17.9. The number of aryl methyl sites for hydroxylation is 2. The first-order chi connectivity index (χ1) is 10.7. The van der Waals surface area contributed by atoms with Crippen LogP contribution in [0.3, 0.4) is 0 Å². The van der Waals surface area contributed by atoms with Crippen LogP contribution >= 0.6 is 11.6 Å². The lowest BCUT2D eigenvalue weighted by molar-refractivity contribution is 0.484. The highest BCUT2D eigenvalue weighted by Crippen LogP contribution is 2.16. The van der Waals surface area contributed by atoms with Crippen LogP contribution in [-0.2, 0) is 22.3 Å². The molecule has 0 aliphatic carbocycles. The van der Waals surface area contributed by atoms with Crippen molar-refractivity contribution in [2.45, 2.75) is 39.1 Å². The Labute approximate surface area is 140 Å². The summed E-state index contributed by atoms with van der Waals surface area (Å²) in [5.41, 5.74) is 1.92. The number of sulfonamides is 1. The summed E-state index contributed by atoms with van der Waals surface area (Å²) in [6.45, 7) is 5.93. The Morgan fingerprint density at radius 3 is 2.61 bits per heavy atom. The molecule has 2 rings (SSSR count). The van der Waals surface area contributed by atoms with Gasteiger partial charge in [0.2, 0.25) is 10.0 Å². The number of nitrogens with zero attached hydrogens (tertiary/aromatic N) is 2. The molecule has 23 heavy (non-hydrogen) atoms. The van der Waals surface area contributed by atoms with Crippen LogP contribution < -0.4 is 4.72 Å². The Morgan fingerprint density at radius 1 is 1.35 bits per heavy atom. The second kappa shape index (κ2) is 6.98. The number of rotatable bonds is 6. The molecule has 1 aromatic heterocycles. The van der Waals surface area contributed by atoms with E-state index in [1.165, 1.54) is 12.1 Å². The van der Waals surface area contributed by atoms with Crippen LogP contribution in [-0.4, -0.2) is 24.2 Å². The minimum atomic E-state index is -3.67. The van der Waals surface area contributed by atoms with Crippen molar-refractivity contribution in [3.63, 3.8) is 0 Å². The molecule has 0 spiro atoms. The van der Waals surface area contributed by atoms with Crippen LogP contribution in [0.1, 0.15) is 23.9 Å². The molecule has 0 radical (unpaired) electrons. The zero-order valence-electron chi connectivity index (χ0n) is 13.2. The minimum absolute atomic E-state index is 0.0835. The molecule has 0 fully saturated rings. The maximum atomic E-state index is 13.7. The summed E-state index contributed by atoms with van der Waals surface area (Å²) in [7, 11) is -3.67. The number of nitrogens with one attached hydrogen (secondary N) is 1. The van der Waals surface area contributed by atoms with Crippen LogP contribution in [0.15, 0.2) is 24.3 Å². The van der Waals surface area contributed by atoms with Gasteiger partial charge in [-0.15, -0.1) is 0 Å². The lowest BCUT2D eigenvalue weighted by Gasteiger charge is -2.15. The highest BCUT2D eigenvalue weighted by Gasteiger charge is 2.18. The van der Waals surface area contributed by atoms with E-state index in [1.54, 1.807) is 11.6 Å². The van der Waals surface area contributed by atoms with E-state index in [1.807, 2.05) is 19.9 Å². The Morgan fingerprint density at radius 2 is 2.04 bits per heavy atom. The van der Waals surface area contributed by atoms with E-state index in [4.69, 9.17) is 11.6 Å². The smallest absolute Gasteiger partial charge is 0.216 e. The normalized spacial score (nSPS) is 13.3. The first-order valence-corrected chi connectivity index (χ1v) is 9.14. The molecule has 1 N–H and O–H groups in total. The molecule has 0 amide bonds. The summed E-state index contributed by atoms with van der Waals surface area (Å²) in [6, 6.07) is 5.50. The Bertz CT molecular complexity index is 805. The van der Waals surface area contributed by atoms with Crippen molar-refractivity contribution in [2.24, 2.45) is 0 Å². The molecular formula is C15H19ClFN3O2S. The van der Waals surface area contributed by atoms with Gasteiger partial charge in [0.25, 0.3) is 0 Å². The zero-order valence-corrected chi connectivity index (χ0v) is 14.7. The Kier molecular flexibility index (Phi) is 5.44. The topological polar surface area (TPSA) is 64.0 Å². The molecule has 1 unspecified atom stereocenters. The maximum absolute atomic E-state index is 13.7. The molecule has 0 aliphatic rings. The molecule has 1 atom stereocenters. The number of benzene rings is 1. The fourth-order valence-corrected chi connectivity index (χ4v) is 3.92. The molecule has 1 aromatic carbocycles. The van der Waals surface area contributed by atoms with Gasteiger partial charge in [-0.1, -0.05) is 17.7 Å². The number of halogens is 2. The fourth-order valence-electron chi connectivity index (χ4n) is 2.35. The molecule has 0 bridgehead atoms. The van der Waals surface area contributed by atoms with Crippen LogP contribution in [0.25, 0.3) is 0 Å². The van der Waals surface area contributed by atoms with Crippen molar-refractivity contribution in [3.8, 4) is 0 Å². The molecule has 126 valence electrons. The van der Waals surface area contributed by atoms with Gasteiger partial charge in [-0.2, -0.15) is 5.10 Å². The summed E-state index contributed by atoms with van der Waals surface area (Å²) in [6.07, 6.45) is 0. The highest BCUT2D eigenvalue weighted by atomic mass is 35.5. The SMILES string of the molecule is Cc1cc(C)n(CC(C)NS(=O)(=O)Cc2ccc(Cl)cc2F)n1. The number of aromatic nitrogens is 2. The van der Waals surface area contributed by atoms with E-state index >= 15 is 0 Å². The monoisotopic (exact) mass is 359 g/mol. The van der Waals surface area contributed by atoms with Crippen molar-refractivity contribution < 1.29 is 12.8 Å². The predicted molar refractivity (Wildman–Crippen MR) is 88.3 cm³/mol. The van der Waals surface area contributed by atoms with Gasteiger partial charge in [0.1, 0.15) is 5.82 Å². The molecule has 8 heteroatoms. The summed E-state index contributed by atoms with van der Waals surface area (Å²) in [5, 5.41) is 4.53. The summed E-state index contributed by atoms with van der Waals surface area (Å²) in [5.74, 6) is -1.06. The molecule has 2 aromatic rings. The molecule has 5 nitrogen and oxygen atoms in total. The Balaban J connectivity index is 2.04. The standard InChI is InChI=1S/C15H19ClFN3O2S/c1-10-6-12(3)20(18-10)8-11(2)19-23(21,22)9-13-4-5-14(16)7-15(13)17/h4-7,11,19H,8-9H2,1-3H3. The maximum Gasteiger partial charge on any atom is 0.216 e. The molecular weight excluding hydrogens is 341 g/mol. The largest absolute Gasteiger partial charge is 0.268 e. The van der Waals surface area contributed by atoms with Crippen LogP contribution in [0.2, 0.25) is 5.02 Å². The molecule has 0 saturated heterocycles. The van der Waals surface area contributed by atoms with Gasteiger partial charge in [0.15, 0.2) is 0 Å². The van der Waals surface area contributed by atoms with E-state index in [-0.39, 0.29) is 16.6 Å². The van der Waals surface area contributed by atoms with E-state index in [2.05, 4.69) is 9.82 Å². The summed E-state index contributed by atoms with van der Waals surface area (Å²) < 4.78 is 42.4. The fraction of sp³-hybridized carbons (Fsp3) is 0.400. The minimum Gasteiger partial charge on any atom is -0.268 e. The highest BCUT2D eigenvalue weighted by molar-refractivity contribution is 7.88. The quantitative estimate of drug-likeness (QED) is 0.862. The van der Waals surface area contributed by atoms with Crippen molar-refractivity contribution in [3.05, 3.63) is 52.1 Å². The molecule has 0 saturated carbocycles. The van der Waals surface area contributed by atoms with Crippen molar-refractivity contribution >= 4 is 21.6 Å². The predicted octanol–water partition coefficient (Wildman–Crippen LogP) is 2.80. The van der Waals surface area contributed by atoms with Crippen LogP contribution in [0.5, 0.6) is 0 Å². The lowest BCUT2D eigenvalue weighted by atomic mass is 10.2. The number of hydrogen-bond donors (Lipinski definition) is 1. The van der Waals surface area contributed by atoms with E-state index in [0.717, 1.165) is 17.5 Å². The summed E-state index contributed by atoms with van der Waals surface area (Å²) >= 11 is 5.66. The van der Waals surface area contributed by atoms with Gasteiger partial charge in [0.05, 0.1) is 18.0 Å². The average molecular weight is 360 g/mol. The van der Waals surface area contributed by atoms with Crippen LogP contribution in [0, 0.1) is 19.7 Å². The van der Waals surface area contributed by atoms with Gasteiger partial charge >= 0.3 is 0 Å². The second-order valence-electron chi connectivity index (χ2n) is 5.62. The Hall–Kier alpha value is -1.44. The van der Waals surface area contributed by atoms with Crippen molar-refractivity contribution in [1.29, 1.82) is 0 Å². The van der Waals surface area contributed by atoms with E-state index in [9.17, 15) is 12.8 Å². The van der Waals surface area contributed by atoms with Gasteiger partial charge in [-0.25, -0.2) is 17.5 Å². The first-order valence-electron chi connectivity index (χ1n) is 7.11. The van der Waals surface area contributed by atoms with Gasteiger partial charge in [-0.3, -0.25) is 4.68 Å². The van der Waals surface area contributed by atoms with Crippen LogP contribution in [0.4, 0.5) is 4.39 Å². The lowest BCUT2D eigenvalue weighted by Crippen LogP contribution is -2.37. The van der Waals surface area contributed by atoms with E-state index in [0.29, 0.717) is 6.54 Å². The van der Waals surface area contributed by atoms with Gasteiger partial charge in [-0.05, 0) is 39.0 Å². The third-order valence-electron chi connectivity index (χ3n) is 3.29. The van der Waals surface area contributed by atoms with E-state index < -0.39 is 21.6 Å².